The summed E-state index contributed by atoms with van der Waals surface area (Å²) < 4.78 is 40.7. The van der Waals surface area contributed by atoms with E-state index in [2.05, 4.69) is 4.98 Å². The number of thioether (sulfide) groups is 1. The van der Waals surface area contributed by atoms with Crippen molar-refractivity contribution in [3.05, 3.63) is 24.0 Å². The maximum atomic E-state index is 13.1. The van der Waals surface area contributed by atoms with Crippen LogP contribution in [0.1, 0.15) is 12.2 Å². The number of hydrogen-bond donors (Lipinski definition) is 1. The molecule has 1 fully saturated rings. The van der Waals surface area contributed by atoms with Gasteiger partial charge in [-0.1, -0.05) is 0 Å². The van der Waals surface area contributed by atoms with Crippen molar-refractivity contribution >= 4 is 28.5 Å². The zero-order valence-electron chi connectivity index (χ0n) is 10.7. The zero-order valence-corrected chi connectivity index (χ0v) is 11.5. The summed E-state index contributed by atoms with van der Waals surface area (Å²) in [6.45, 7) is 0.363. The second-order valence-corrected chi connectivity index (χ2v) is 6.17. The van der Waals surface area contributed by atoms with E-state index >= 15 is 0 Å². The first-order valence-electron chi connectivity index (χ1n) is 6.36. The standard InChI is InChI=1S/C13H14F3N3S/c14-13(15,16)12-18-10-5-9(17)1-2-11(10)19(12)6-8-3-4-20-7-8/h1-2,5,8H,3-4,6-7,17H2. The predicted molar refractivity (Wildman–Crippen MR) is 74.6 cm³/mol. The second kappa shape index (κ2) is 4.87. The molecule has 1 aromatic carbocycles. The lowest BCUT2D eigenvalue weighted by Crippen LogP contribution is -2.19. The fourth-order valence-corrected chi connectivity index (χ4v) is 3.81. The van der Waals surface area contributed by atoms with Crippen LogP contribution in [0.2, 0.25) is 0 Å². The number of nitrogens with zero attached hydrogens (tertiary/aromatic N) is 2. The molecule has 1 aromatic heterocycles. The molecule has 0 radical (unpaired) electrons. The summed E-state index contributed by atoms with van der Waals surface area (Å²) in [4.78, 5) is 3.74. The number of halogens is 3. The van der Waals surface area contributed by atoms with Gasteiger partial charge in [-0.25, -0.2) is 4.98 Å². The van der Waals surface area contributed by atoms with Crippen LogP contribution in [0, 0.1) is 5.92 Å². The lowest BCUT2D eigenvalue weighted by molar-refractivity contribution is -0.147. The number of fused-ring (bicyclic) bond motifs is 1. The molecule has 108 valence electrons. The second-order valence-electron chi connectivity index (χ2n) is 5.02. The Kier molecular flexibility index (Phi) is 3.32. The highest BCUT2D eigenvalue weighted by Gasteiger charge is 2.38. The van der Waals surface area contributed by atoms with Crippen LogP contribution in [0.15, 0.2) is 18.2 Å². The van der Waals surface area contributed by atoms with E-state index in [0.29, 0.717) is 23.3 Å². The smallest absolute Gasteiger partial charge is 0.399 e. The Bertz CT molecular complexity index is 630. The van der Waals surface area contributed by atoms with Gasteiger partial charge in [0.2, 0.25) is 5.82 Å². The normalized spacial score (nSPS) is 19.9. The summed E-state index contributed by atoms with van der Waals surface area (Å²) >= 11 is 1.79. The Morgan fingerprint density at radius 1 is 1.40 bits per heavy atom. The summed E-state index contributed by atoms with van der Waals surface area (Å²) in [7, 11) is 0. The van der Waals surface area contributed by atoms with Gasteiger partial charge in [-0.05, 0) is 42.0 Å². The van der Waals surface area contributed by atoms with Crippen LogP contribution in [-0.4, -0.2) is 21.1 Å². The quantitative estimate of drug-likeness (QED) is 0.865. The molecule has 3 nitrogen and oxygen atoms in total. The molecule has 0 saturated carbocycles. The first-order chi connectivity index (χ1) is 9.45. The van der Waals surface area contributed by atoms with Crippen molar-refractivity contribution in [2.45, 2.75) is 19.1 Å². The minimum atomic E-state index is -4.44. The Morgan fingerprint density at radius 3 is 2.85 bits per heavy atom. The van der Waals surface area contributed by atoms with Gasteiger partial charge in [0, 0.05) is 12.2 Å². The highest BCUT2D eigenvalue weighted by molar-refractivity contribution is 7.99. The van der Waals surface area contributed by atoms with E-state index in [1.165, 1.54) is 10.6 Å². The summed E-state index contributed by atoms with van der Waals surface area (Å²) in [5.74, 6) is 1.38. The number of benzene rings is 1. The highest BCUT2D eigenvalue weighted by Crippen LogP contribution is 2.34. The fraction of sp³-hybridized carbons (Fsp3) is 0.462. The first kappa shape index (κ1) is 13.6. The Morgan fingerprint density at radius 2 is 2.20 bits per heavy atom. The molecule has 1 aliphatic heterocycles. The van der Waals surface area contributed by atoms with E-state index < -0.39 is 12.0 Å². The molecular formula is C13H14F3N3S. The number of imidazole rings is 1. The van der Waals surface area contributed by atoms with Crippen molar-refractivity contribution in [2.24, 2.45) is 5.92 Å². The van der Waals surface area contributed by atoms with Gasteiger partial charge >= 0.3 is 6.18 Å². The van der Waals surface area contributed by atoms with Crippen molar-refractivity contribution in [2.75, 3.05) is 17.2 Å². The van der Waals surface area contributed by atoms with Crippen LogP contribution < -0.4 is 5.73 Å². The molecule has 20 heavy (non-hydrogen) atoms. The monoisotopic (exact) mass is 301 g/mol. The predicted octanol–water partition coefficient (Wildman–Crippen LogP) is 3.39. The molecule has 2 N–H and O–H groups in total. The van der Waals surface area contributed by atoms with Crippen LogP contribution in [-0.2, 0) is 12.7 Å². The van der Waals surface area contributed by atoms with Crippen LogP contribution in [0.3, 0.4) is 0 Å². The van der Waals surface area contributed by atoms with Crippen molar-refractivity contribution in [3.63, 3.8) is 0 Å². The minimum Gasteiger partial charge on any atom is -0.399 e. The molecule has 2 heterocycles. The average Bonchev–Trinajstić information content (AvgIpc) is 2.97. The zero-order chi connectivity index (χ0) is 14.3. The lowest BCUT2D eigenvalue weighted by atomic mass is 10.1. The van der Waals surface area contributed by atoms with Gasteiger partial charge in [-0.15, -0.1) is 0 Å². The fourth-order valence-electron chi connectivity index (χ4n) is 2.53. The van der Waals surface area contributed by atoms with E-state index in [9.17, 15) is 13.2 Å². The number of nitrogens with two attached hydrogens (primary N) is 1. The largest absolute Gasteiger partial charge is 0.449 e. The van der Waals surface area contributed by atoms with Gasteiger partial charge in [-0.3, -0.25) is 0 Å². The molecule has 0 spiro atoms. The summed E-state index contributed by atoms with van der Waals surface area (Å²) in [5.41, 5.74) is 6.86. The number of rotatable bonds is 2. The third-order valence-corrected chi connectivity index (χ3v) is 4.72. The Labute approximate surface area is 118 Å². The minimum absolute atomic E-state index is 0.274. The molecule has 7 heteroatoms. The molecule has 0 bridgehead atoms. The third-order valence-electron chi connectivity index (χ3n) is 3.49. The Hall–Kier alpha value is -1.37. The van der Waals surface area contributed by atoms with E-state index in [0.717, 1.165) is 17.9 Å². The van der Waals surface area contributed by atoms with Gasteiger partial charge in [0.05, 0.1) is 11.0 Å². The van der Waals surface area contributed by atoms with Crippen molar-refractivity contribution < 1.29 is 13.2 Å². The summed E-state index contributed by atoms with van der Waals surface area (Å²) in [5, 5.41) is 0. The van der Waals surface area contributed by atoms with Crippen LogP contribution >= 0.6 is 11.8 Å². The Balaban J connectivity index is 2.10. The molecule has 1 unspecified atom stereocenters. The van der Waals surface area contributed by atoms with Crippen molar-refractivity contribution in [3.8, 4) is 0 Å². The van der Waals surface area contributed by atoms with E-state index in [-0.39, 0.29) is 5.92 Å². The molecule has 1 saturated heterocycles. The molecule has 1 atom stereocenters. The van der Waals surface area contributed by atoms with Gasteiger partial charge < -0.3 is 10.3 Å². The summed E-state index contributed by atoms with van der Waals surface area (Å²) in [6, 6.07) is 4.73. The molecule has 1 aliphatic rings. The van der Waals surface area contributed by atoms with Crippen LogP contribution in [0.5, 0.6) is 0 Å². The SMILES string of the molecule is Nc1ccc2c(c1)nc(C(F)(F)F)n2CC1CCSC1. The molecular weight excluding hydrogens is 287 g/mol. The van der Waals surface area contributed by atoms with Gasteiger partial charge in [-0.2, -0.15) is 24.9 Å². The van der Waals surface area contributed by atoms with E-state index in [4.69, 9.17) is 5.73 Å². The summed E-state index contributed by atoms with van der Waals surface area (Å²) in [6.07, 6.45) is -3.49. The van der Waals surface area contributed by atoms with E-state index in [1.54, 1.807) is 23.9 Å². The number of aromatic nitrogens is 2. The first-order valence-corrected chi connectivity index (χ1v) is 7.51. The molecule has 0 aliphatic carbocycles. The lowest BCUT2D eigenvalue weighted by Gasteiger charge is -2.15. The number of alkyl halides is 3. The number of hydrogen-bond acceptors (Lipinski definition) is 3. The molecule has 2 aromatic rings. The van der Waals surface area contributed by atoms with Gasteiger partial charge in [0.1, 0.15) is 0 Å². The average molecular weight is 301 g/mol. The van der Waals surface area contributed by atoms with Gasteiger partial charge in [0.25, 0.3) is 0 Å². The van der Waals surface area contributed by atoms with Crippen LogP contribution in [0.4, 0.5) is 18.9 Å². The maximum Gasteiger partial charge on any atom is 0.449 e. The molecule has 0 amide bonds. The highest BCUT2D eigenvalue weighted by atomic mass is 32.2. The van der Waals surface area contributed by atoms with E-state index in [1.807, 2.05) is 0 Å². The molecule has 3 rings (SSSR count). The maximum absolute atomic E-state index is 13.1. The van der Waals surface area contributed by atoms with Gasteiger partial charge in [0.15, 0.2) is 0 Å². The van der Waals surface area contributed by atoms with Crippen LogP contribution in [0.25, 0.3) is 11.0 Å². The van der Waals surface area contributed by atoms with Crippen molar-refractivity contribution in [1.82, 2.24) is 9.55 Å². The number of nitrogen functional groups attached to an aromatic ring is 1. The number of anilines is 1. The van der Waals surface area contributed by atoms with Crippen molar-refractivity contribution in [1.29, 1.82) is 0 Å². The topological polar surface area (TPSA) is 43.8 Å². The third kappa shape index (κ3) is 2.46.